The molecular weight excluding hydrogens is 252 g/mol. The van der Waals surface area contributed by atoms with Crippen molar-refractivity contribution in [1.29, 1.82) is 0 Å². The molecule has 1 saturated heterocycles. The van der Waals surface area contributed by atoms with Crippen molar-refractivity contribution in [1.82, 2.24) is 4.90 Å². The molecule has 1 aliphatic rings. The van der Waals surface area contributed by atoms with E-state index in [4.69, 9.17) is 5.73 Å². The molecule has 0 atom stereocenters. The molecule has 1 fully saturated rings. The van der Waals surface area contributed by atoms with E-state index in [1.165, 1.54) is 0 Å². The van der Waals surface area contributed by atoms with Crippen LogP contribution in [0.25, 0.3) is 0 Å². The maximum absolute atomic E-state index is 12.4. The molecule has 0 aliphatic carbocycles. The first-order chi connectivity index (χ1) is 9.61. The van der Waals surface area contributed by atoms with Gasteiger partial charge < -0.3 is 15.7 Å². The summed E-state index contributed by atoms with van der Waals surface area (Å²) in [7, 11) is 0. The number of likely N-dealkylation sites (tertiary alicyclic amines) is 1. The van der Waals surface area contributed by atoms with Gasteiger partial charge in [0, 0.05) is 24.2 Å². The molecule has 0 saturated carbocycles. The third kappa shape index (κ3) is 3.38. The number of aryl methyl sites for hydroxylation is 1. The fourth-order valence-electron chi connectivity index (χ4n) is 2.29. The summed E-state index contributed by atoms with van der Waals surface area (Å²) in [5.41, 5.74) is 7.91. The van der Waals surface area contributed by atoms with Crippen LogP contribution in [0.3, 0.4) is 0 Å². The summed E-state index contributed by atoms with van der Waals surface area (Å²) in [5, 5.41) is 9.49. The van der Waals surface area contributed by atoms with Crippen molar-refractivity contribution in [2.75, 3.05) is 19.6 Å². The minimum absolute atomic E-state index is 0.00713. The van der Waals surface area contributed by atoms with Gasteiger partial charge >= 0.3 is 0 Å². The van der Waals surface area contributed by atoms with Crippen molar-refractivity contribution in [2.24, 2.45) is 5.73 Å². The molecule has 106 valence electrons. The summed E-state index contributed by atoms with van der Waals surface area (Å²) in [6.07, 6.45) is 1.03. The van der Waals surface area contributed by atoms with Gasteiger partial charge in [-0.1, -0.05) is 17.9 Å². The number of amides is 1. The van der Waals surface area contributed by atoms with Crippen LogP contribution in [0.1, 0.15) is 34.3 Å². The Balaban J connectivity index is 2.18. The molecule has 1 heterocycles. The number of carbonyl (C=O) groups is 1. The number of benzene rings is 1. The van der Waals surface area contributed by atoms with Crippen molar-refractivity contribution in [2.45, 2.75) is 25.9 Å². The Morgan fingerprint density at radius 1 is 1.45 bits per heavy atom. The molecule has 0 spiro atoms. The third-order valence-electron chi connectivity index (χ3n) is 3.56. The zero-order chi connectivity index (χ0) is 14.5. The Labute approximate surface area is 119 Å². The second-order valence-corrected chi connectivity index (χ2v) is 5.06. The molecule has 1 amide bonds. The van der Waals surface area contributed by atoms with Gasteiger partial charge in [0.05, 0.1) is 12.6 Å². The van der Waals surface area contributed by atoms with E-state index in [9.17, 15) is 9.90 Å². The lowest BCUT2D eigenvalue weighted by Gasteiger charge is -2.29. The summed E-state index contributed by atoms with van der Waals surface area (Å²) in [5.74, 6) is 5.82. The molecule has 0 aromatic heterocycles. The van der Waals surface area contributed by atoms with Gasteiger partial charge in [0.1, 0.15) is 0 Å². The highest BCUT2D eigenvalue weighted by atomic mass is 16.3. The van der Waals surface area contributed by atoms with Crippen LogP contribution in [0.4, 0.5) is 0 Å². The van der Waals surface area contributed by atoms with Crippen molar-refractivity contribution >= 4 is 5.91 Å². The van der Waals surface area contributed by atoms with E-state index >= 15 is 0 Å². The van der Waals surface area contributed by atoms with Gasteiger partial charge in [0.25, 0.3) is 5.91 Å². The maximum Gasteiger partial charge on any atom is 0.253 e. The Morgan fingerprint density at radius 3 is 2.80 bits per heavy atom. The molecule has 4 heteroatoms. The van der Waals surface area contributed by atoms with E-state index in [-0.39, 0.29) is 12.0 Å². The predicted molar refractivity (Wildman–Crippen MR) is 78.3 cm³/mol. The third-order valence-corrected chi connectivity index (χ3v) is 3.56. The molecule has 1 aromatic rings. The van der Waals surface area contributed by atoms with Crippen LogP contribution in [0, 0.1) is 18.8 Å². The fourth-order valence-corrected chi connectivity index (χ4v) is 2.29. The van der Waals surface area contributed by atoms with Gasteiger partial charge in [-0.2, -0.15) is 0 Å². The topological polar surface area (TPSA) is 66.6 Å². The summed E-state index contributed by atoms with van der Waals surface area (Å²) in [4.78, 5) is 14.2. The molecular formula is C16H20N2O2. The highest BCUT2D eigenvalue weighted by Gasteiger charge is 2.22. The monoisotopic (exact) mass is 272 g/mol. The Bertz CT molecular complexity index is 549. The highest BCUT2D eigenvalue weighted by molar-refractivity contribution is 5.94. The van der Waals surface area contributed by atoms with Crippen LogP contribution in [0.15, 0.2) is 18.2 Å². The summed E-state index contributed by atoms with van der Waals surface area (Å²) < 4.78 is 0. The highest BCUT2D eigenvalue weighted by Crippen LogP contribution is 2.16. The summed E-state index contributed by atoms with van der Waals surface area (Å²) in [6.45, 7) is 3.49. The number of nitrogens with zero attached hydrogens (tertiary/aromatic N) is 1. The number of carbonyl (C=O) groups excluding carboxylic acids is 1. The maximum atomic E-state index is 12.4. The molecule has 0 unspecified atom stereocenters. The standard InChI is InChI=1S/C16H20N2O2/c1-12-4-5-14(11-13(12)3-2-8-17)16(20)18-9-6-15(19)7-10-18/h4-5,11,15,19H,6-10,17H2,1H3. The van der Waals surface area contributed by atoms with Crippen LogP contribution in [0.2, 0.25) is 0 Å². The molecule has 0 bridgehead atoms. The molecule has 1 aromatic carbocycles. The first-order valence-electron chi connectivity index (χ1n) is 6.88. The van der Waals surface area contributed by atoms with E-state index in [0.717, 1.165) is 11.1 Å². The number of aliphatic hydroxyl groups is 1. The minimum atomic E-state index is -0.275. The first kappa shape index (κ1) is 14.6. The number of nitrogens with two attached hydrogens (primary N) is 1. The molecule has 0 radical (unpaired) electrons. The van der Waals surface area contributed by atoms with Gasteiger partial charge in [0.2, 0.25) is 0 Å². The number of hydrogen-bond acceptors (Lipinski definition) is 3. The molecule has 2 rings (SSSR count). The average molecular weight is 272 g/mol. The van der Waals surface area contributed by atoms with Crippen molar-refractivity contribution < 1.29 is 9.90 Å². The van der Waals surface area contributed by atoms with Crippen LogP contribution in [-0.4, -0.2) is 41.7 Å². The van der Waals surface area contributed by atoms with Crippen molar-refractivity contribution in [3.05, 3.63) is 34.9 Å². The lowest BCUT2D eigenvalue weighted by molar-refractivity contribution is 0.0546. The minimum Gasteiger partial charge on any atom is -0.393 e. The molecule has 1 aliphatic heterocycles. The van der Waals surface area contributed by atoms with Crippen LogP contribution >= 0.6 is 0 Å². The lowest BCUT2D eigenvalue weighted by atomic mass is 10.0. The molecule has 20 heavy (non-hydrogen) atoms. The van der Waals surface area contributed by atoms with Gasteiger partial charge in [-0.3, -0.25) is 4.79 Å². The Morgan fingerprint density at radius 2 is 2.15 bits per heavy atom. The zero-order valence-electron chi connectivity index (χ0n) is 11.7. The quantitative estimate of drug-likeness (QED) is 0.747. The van der Waals surface area contributed by atoms with Gasteiger partial charge in [0.15, 0.2) is 0 Å². The van der Waals surface area contributed by atoms with E-state index in [2.05, 4.69) is 11.8 Å². The molecule has 3 N–H and O–H groups in total. The Hall–Kier alpha value is -1.83. The summed E-state index contributed by atoms with van der Waals surface area (Å²) in [6, 6.07) is 5.56. The number of piperidine rings is 1. The lowest BCUT2D eigenvalue weighted by Crippen LogP contribution is -2.40. The normalized spacial score (nSPS) is 15.7. The van der Waals surface area contributed by atoms with Crippen LogP contribution < -0.4 is 5.73 Å². The van der Waals surface area contributed by atoms with Crippen molar-refractivity contribution in [3.63, 3.8) is 0 Å². The average Bonchev–Trinajstić information content (AvgIpc) is 2.46. The smallest absolute Gasteiger partial charge is 0.253 e. The predicted octanol–water partition coefficient (Wildman–Crippen LogP) is 0.902. The van der Waals surface area contributed by atoms with Crippen molar-refractivity contribution in [3.8, 4) is 11.8 Å². The van der Waals surface area contributed by atoms with E-state index < -0.39 is 0 Å². The first-order valence-corrected chi connectivity index (χ1v) is 6.88. The second kappa shape index (κ2) is 6.56. The van der Waals surface area contributed by atoms with Gasteiger partial charge in [-0.25, -0.2) is 0 Å². The van der Waals surface area contributed by atoms with Crippen LogP contribution in [-0.2, 0) is 0 Å². The van der Waals surface area contributed by atoms with E-state index in [1.807, 2.05) is 25.1 Å². The van der Waals surface area contributed by atoms with Crippen LogP contribution in [0.5, 0.6) is 0 Å². The fraction of sp³-hybridized carbons (Fsp3) is 0.438. The van der Waals surface area contributed by atoms with Gasteiger partial charge in [-0.15, -0.1) is 0 Å². The van der Waals surface area contributed by atoms with Gasteiger partial charge in [-0.05, 0) is 37.5 Å². The Kier molecular flexibility index (Phi) is 4.78. The van der Waals surface area contributed by atoms with E-state index in [0.29, 0.717) is 38.0 Å². The number of aliphatic hydroxyl groups excluding tert-OH is 1. The number of hydrogen-bond donors (Lipinski definition) is 2. The van der Waals surface area contributed by atoms with E-state index in [1.54, 1.807) is 4.90 Å². The SMILES string of the molecule is Cc1ccc(C(=O)N2CCC(O)CC2)cc1C#CCN. The zero-order valence-corrected chi connectivity index (χ0v) is 11.7. The number of rotatable bonds is 1. The second-order valence-electron chi connectivity index (χ2n) is 5.06. The largest absolute Gasteiger partial charge is 0.393 e. The summed E-state index contributed by atoms with van der Waals surface area (Å²) >= 11 is 0. The molecule has 4 nitrogen and oxygen atoms in total.